The molecule has 0 aliphatic carbocycles. The Labute approximate surface area is 113 Å². The molecule has 0 unspecified atom stereocenters. The molecular weight excluding hydrogens is 246 g/mol. The van der Waals surface area contributed by atoms with Crippen LogP contribution in [0.4, 0.5) is 0 Å². The van der Waals surface area contributed by atoms with Gasteiger partial charge in [0.1, 0.15) is 0 Å². The van der Waals surface area contributed by atoms with E-state index in [1.165, 1.54) is 0 Å². The largest absolute Gasteiger partial charge is 0.333 e. The summed E-state index contributed by atoms with van der Waals surface area (Å²) in [5.41, 5.74) is 2.16. The zero-order valence-corrected chi connectivity index (χ0v) is 11.5. The molecule has 0 aliphatic heterocycles. The molecule has 96 valence electrons. The number of aromatic nitrogens is 2. The van der Waals surface area contributed by atoms with E-state index >= 15 is 0 Å². The molecule has 0 aliphatic rings. The molecule has 0 saturated carbocycles. The molecule has 0 saturated heterocycles. The topological polar surface area (TPSA) is 29.9 Å². The van der Waals surface area contributed by atoms with Gasteiger partial charge in [-0.3, -0.25) is 0 Å². The van der Waals surface area contributed by atoms with Gasteiger partial charge in [-0.15, -0.1) is 0 Å². The Bertz CT molecular complexity index is 505. The average Bonchev–Trinajstić information content (AvgIpc) is 2.77. The van der Waals surface area contributed by atoms with Crippen molar-refractivity contribution in [2.75, 3.05) is 0 Å². The number of hydrogen-bond acceptors (Lipinski definition) is 2. The van der Waals surface area contributed by atoms with Gasteiger partial charge in [0.05, 0.1) is 12.0 Å². The third kappa shape index (κ3) is 3.59. The van der Waals surface area contributed by atoms with Crippen LogP contribution in [-0.4, -0.2) is 15.6 Å². The van der Waals surface area contributed by atoms with Crippen molar-refractivity contribution in [3.8, 4) is 0 Å². The fraction of sp³-hybridized carbons (Fsp3) is 0.357. The van der Waals surface area contributed by atoms with E-state index < -0.39 is 0 Å². The number of imidazole rings is 1. The maximum absolute atomic E-state index is 6.14. The molecule has 3 nitrogen and oxygen atoms in total. The minimum Gasteiger partial charge on any atom is -0.333 e. The Balaban J connectivity index is 2.00. The Hall–Kier alpha value is -1.32. The Kier molecular flexibility index (Phi) is 4.39. The molecule has 0 bridgehead atoms. The van der Waals surface area contributed by atoms with Gasteiger partial charge in [0.2, 0.25) is 0 Å². The third-order valence-electron chi connectivity index (χ3n) is 2.69. The molecule has 1 heterocycles. The van der Waals surface area contributed by atoms with Crippen LogP contribution < -0.4 is 5.32 Å². The standard InChI is InChI=1S/C14H18ClN3/c1-11(2)16-7-13-9-18(10-17-13)8-12-5-3-4-6-14(12)15/h3-6,9-11,16H,7-8H2,1-2H3. The van der Waals surface area contributed by atoms with Crippen LogP contribution in [0.1, 0.15) is 25.1 Å². The SMILES string of the molecule is CC(C)NCc1cn(Cc2ccccc2Cl)cn1. The van der Waals surface area contributed by atoms with Crippen molar-refractivity contribution in [3.63, 3.8) is 0 Å². The minimum atomic E-state index is 0.471. The van der Waals surface area contributed by atoms with Crippen molar-refractivity contribution < 1.29 is 0 Å². The number of nitrogens with zero attached hydrogens (tertiary/aromatic N) is 2. The zero-order valence-electron chi connectivity index (χ0n) is 10.7. The molecule has 4 heteroatoms. The second kappa shape index (κ2) is 6.03. The first kappa shape index (κ1) is 13.1. The lowest BCUT2D eigenvalue weighted by Crippen LogP contribution is -2.21. The van der Waals surface area contributed by atoms with E-state index in [0.717, 1.165) is 29.4 Å². The van der Waals surface area contributed by atoms with Gasteiger partial charge in [-0.05, 0) is 11.6 Å². The number of halogens is 1. The summed E-state index contributed by atoms with van der Waals surface area (Å²) in [6.07, 6.45) is 3.90. The maximum atomic E-state index is 6.14. The molecule has 1 N–H and O–H groups in total. The highest BCUT2D eigenvalue weighted by molar-refractivity contribution is 6.31. The summed E-state index contributed by atoms with van der Waals surface area (Å²) >= 11 is 6.14. The highest BCUT2D eigenvalue weighted by Crippen LogP contribution is 2.16. The monoisotopic (exact) mass is 263 g/mol. The van der Waals surface area contributed by atoms with Gasteiger partial charge < -0.3 is 9.88 Å². The van der Waals surface area contributed by atoms with Crippen LogP contribution in [0.3, 0.4) is 0 Å². The quantitative estimate of drug-likeness (QED) is 0.899. The zero-order chi connectivity index (χ0) is 13.0. The van der Waals surface area contributed by atoms with Crippen molar-refractivity contribution >= 4 is 11.6 Å². The van der Waals surface area contributed by atoms with E-state index in [9.17, 15) is 0 Å². The van der Waals surface area contributed by atoms with Crippen molar-refractivity contribution in [1.82, 2.24) is 14.9 Å². The number of benzene rings is 1. The summed E-state index contributed by atoms with van der Waals surface area (Å²) in [6.45, 7) is 5.81. The van der Waals surface area contributed by atoms with Crippen LogP contribution >= 0.6 is 11.6 Å². The summed E-state index contributed by atoms with van der Waals surface area (Å²) in [6, 6.07) is 8.36. The van der Waals surface area contributed by atoms with Gasteiger partial charge in [-0.2, -0.15) is 0 Å². The summed E-state index contributed by atoms with van der Waals surface area (Å²) in [5, 5.41) is 4.15. The van der Waals surface area contributed by atoms with Crippen molar-refractivity contribution in [2.24, 2.45) is 0 Å². The first-order valence-corrected chi connectivity index (χ1v) is 6.50. The number of hydrogen-bond donors (Lipinski definition) is 1. The van der Waals surface area contributed by atoms with E-state index in [-0.39, 0.29) is 0 Å². The molecule has 0 radical (unpaired) electrons. The maximum Gasteiger partial charge on any atom is 0.0953 e. The van der Waals surface area contributed by atoms with Crippen LogP contribution in [-0.2, 0) is 13.1 Å². The first-order valence-electron chi connectivity index (χ1n) is 6.12. The highest BCUT2D eigenvalue weighted by atomic mass is 35.5. The summed E-state index contributed by atoms with van der Waals surface area (Å²) < 4.78 is 2.05. The lowest BCUT2D eigenvalue weighted by Gasteiger charge is -2.05. The molecule has 0 atom stereocenters. The molecule has 0 fully saturated rings. The van der Waals surface area contributed by atoms with Crippen molar-refractivity contribution in [2.45, 2.75) is 33.0 Å². The highest BCUT2D eigenvalue weighted by Gasteiger charge is 2.03. The molecule has 2 rings (SSSR count). The van der Waals surface area contributed by atoms with Crippen LogP contribution in [0, 0.1) is 0 Å². The molecule has 1 aromatic heterocycles. The van der Waals surface area contributed by atoms with Crippen LogP contribution in [0.5, 0.6) is 0 Å². The van der Waals surface area contributed by atoms with Gasteiger partial charge in [-0.1, -0.05) is 43.6 Å². The molecule has 18 heavy (non-hydrogen) atoms. The van der Waals surface area contributed by atoms with Gasteiger partial charge in [0.25, 0.3) is 0 Å². The Morgan fingerprint density at radius 2 is 2.11 bits per heavy atom. The van der Waals surface area contributed by atoms with Crippen LogP contribution in [0.15, 0.2) is 36.8 Å². The van der Waals surface area contributed by atoms with Gasteiger partial charge >= 0.3 is 0 Å². The predicted octanol–water partition coefficient (Wildman–Crippen LogP) is 3.08. The van der Waals surface area contributed by atoms with Crippen LogP contribution in [0.2, 0.25) is 5.02 Å². The fourth-order valence-corrected chi connectivity index (χ4v) is 1.91. The van der Waals surface area contributed by atoms with Crippen molar-refractivity contribution in [1.29, 1.82) is 0 Å². The lowest BCUT2D eigenvalue weighted by atomic mass is 10.2. The predicted molar refractivity (Wildman–Crippen MR) is 74.8 cm³/mol. The van der Waals surface area contributed by atoms with E-state index in [1.54, 1.807) is 0 Å². The normalized spacial score (nSPS) is 11.1. The Morgan fingerprint density at radius 1 is 1.33 bits per heavy atom. The lowest BCUT2D eigenvalue weighted by molar-refractivity contribution is 0.582. The summed E-state index contributed by atoms with van der Waals surface area (Å²) in [5.74, 6) is 0. The minimum absolute atomic E-state index is 0.471. The fourth-order valence-electron chi connectivity index (χ4n) is 1.72. The molecule has 0 amide bonds. The summed E-state index contributed by atoms with van der Waals surface area (Å²) in [7, 11) is 0. The summed E-state index contributed by atoms with van der Waals surface area (Å²) in [4.78, 5) is 4.37. The average molecular weight is 264 g/mol. The second-order valence-electron chi connectivity index (χ2n) is 4.66. The van der Waals surface area contributed by atoms with Gasteiger partial charge in [0.15, 0.2) is 0 Å². The second-order valence-corrected chi connectivity index (χ2v) is 5.07. The van der Waals surface area contributed by atoms with Gasteiger partial charge in [-0.25, -0.2) is 4.98 Å². The molecule has 0 spiro atoms. The van der Waals surface area contributed by atoms with Crippen molar-refractivity contribution in [3.05, 3.63) is 53.1 Å². The Morgan fingerprint density at radius 3 is 2.83 bits per heavy atom. The number of rotatable bonds is 5. The van der Waals surface area contributed by atoms with E-state index in [1.807, 2.05) is 30.6 Å². The van der Waals surface area contributed by atoms with Crippen LogP contribution in [0.25, 0.3) is 0 Å². The van der Waals surface area contributed by atoms with E-state index in [2.05, 4.69) is 34.9 Å². The molecular formula is C14H18ClN3. The van der Waals surface area contributed by atoms with E-state index in [0.29, 0.717) is 6.04 Å². The molecule has 1 aromatic carbocycles. The first-order chi connectivity index (χ1) is 8.65. The smallest absolute Gasteiger partial charge is 0.0953 e. The van der Waals surface area contributed by atoms with E-state index in [4.69, 9.17) is 11.6 Å². The number of nitrogens with one attached hydrogen (secondary N) is 1. The van der Waals surface area contributed by atoms with Gasteiger partial charge in [0, 0.05) is 30.4 Å². The molecule has 2 aromatic rings. The third-order valence-corrected chi connectivity index (χ3v) is 3.06.